The number of aromatic amines is 1. The van der Waals surface area contributed by atoms with Crippen molar-refractivity contribution in [3.8, 4) is 0 Å². The Morgan fingerprint density at radius 3 is 2.96 bits per heavy atom. The zero-order valence-corrected chi connectivity index (χ0v) is 15.9. The van der Waals surface area contributed by atoms with E-state index in [-0.39, 0.29) is 16.9 Å². The Labute approximate surface area is 162 Å². The Morgan fingerprint density at radius 1 is 1.19 bits per heavy atom. The molecule has 0 aliphatic carbocycles. The number of anilines is 2. The van der Waals surface area contributed by atoms with Gasteiger partial charge in [-0.1, -0.05) is 29.5 Å². The van der Waals surface area contributed by atoms with E-state index in [1.165, 1.54) is 11.1 Å². The number of H-pyrrole nitrogens is 1. The Morgan fingerprint density at radius 2 is 2.07 bits per heavy atom. The minimum Gasteiger partial charge on any atom is -0.361 e. The number of hydrogen-bond donors (Lipinski definition) is 2. The summed E-state index contributed by atoms with van der Waals surface area (Å²) in [4.78, 5) is 29.8. The largest absolute Gasteiger partial charge is 0.361 e. The molecule has 0 spiro atoms. The number of benzene rings is 2. The van der Waals surface area contributed by atoms with E-state index < -0.39 is 0 Å². The average molecular weight is 379 g/mol. The van der Waals surface area contributed by atoms with Gasteiger partial charge in [-0.05, 0) is 55.7 Å². The molecule has 2 heterocycles. The molecular formula is C21H21N3O2S. The van der Waals surface area contributed by atoms with Crippen LogP contribution >= 0.6 is 11.8 Å². The molecule has 5 nitrogen and oxygen atoms in total. The number of rotatable bonds is 3. The van der Waals surface area contributed by atoms with Crippen molar-refractivity contribution in [2.45, 2.75) is 19.8 Å². The molecule has 0 fully saturated rings. The first-order valence-electron chi connectivity index (χ1n) is 9.01. The van der Waals surface area contributed by atoms with E-state index in [1.54, 1.807) is 4.90 Å². The van der Waals surface area contributed by atoms with Crippen LogP contribution in [0.5, 0.6) is 0 Å². The molecular weight excluding hydrogens is 358 g/mol. The van der Waals surface area contributed by atoms with E-state index in [4.69, 9.17) is 0 Å². The summed E-state index contributed by atoms with van der Waals surface area (Å²) in [6.07, 6.45) is 3.81. The summed E-state index contributed by atoms with van der Waals surface area (Å²) >= 11 is 1.05. The van der Waals surface area contributed by atoms with Crippen LogP contribution in [0.4, 0.5) is 16.2 Å². The lowest BCUT2D eigenvalue weighted by Gasteiger charge is -2.29. The highest BCUT2D eigenvalue weighted by Crippen LogP contribution is 2.30. The SMILES string of the molecule is Cc1ccc2c(c1)CCCN2C(=O)SCC(=O)Nc1ccc2[nH]ccc2c1. The molecule has 2 aromatic carbocycles. The van der Waals surface area contributed by atoms with Crippen molar-refractivity contribution < 1.29 is 9.59 Å². The lowest BCUT2D eigenvalue weighted by molar-refractivity contribution is -0.113. The number of fused-ring (bicyclic) bond motifs is 2. The van der Waals surface area contributed by atoms with Gasteiger partial charge in [-0.2, -0.15) is 0 Å². The van der Waals surface area contributed by atoms with Crippen LogP contribution in [0.2, 0.25) is 0 Å². The fourth-order valence-corrected chi connectivity index (χ4v) is 4.12. The number of amides is 2. The van der Waals surface area contributed by atoms with Gasteiger partial charge in [-0.25, -0.2) is 0 Å². The third kappa shape index (κ3) is 3.85. The molecule has 0 bridgehead atoms. The molecule has 2 amide bonds. The van der Waals surface area contributed by atoms with E-state index in [0.717, 1.165) is 46.9 Å². The van der Waals surface area contributed by atoms with Gasteiger partial charge in [0.15, 0.2) is 0 Å². The number of hydrogen-bond acceptors (Lipinski definition) is 3. The second kappa shape index (κ2) is 7.48. The molecule has 0 unspecified atom stereocenters. The monoisotopic (exact) mass is 379 g/mol. The molecule has 4 rings (SSSR count). The van der Waals surface area contributed by atoms with Crippen LogP contribution in [0.25, 0.3) is 10.9 Å². The van der Waals surface area contributed by atoms with Gasteiger partial charge >= 0.3 is 0 Å². The number of aryl methyl sites for hydroxylation is 2. The first-order valence-corrected chi connectivity index (χ1v) is 9.99. The smallest absolute Gasteiger partial charge is 0.286 e. The zero-order valence-electron chi connectivity index (χ0n) is 15.1. The van der Waals surface area contributed by atoms with Crippen molar-refractivity contribution in [2.24, 2.45) is 0 Å². The minimum absolute atomic E-state index is 0.0731. The van der Waals surface area contributed by atoms with E-state index in [9.17, 15) is 9.59 Å². The van der Waals surface area contributed by atoms with Crippen LogP contribution in [0.15, 0.2) is 48.7 Å². The van der Waals surface area contributed by atoms with Crippen LogP contribution in [0.1, 0.15) is 17.5 Å². The van der Waals surface area contributed by atoms with Crippen molar-refractivity contribution in [3.63, 3.8) is 0 Å². The Bertz CT molecular complexity index is 1010. The van der Waals surface area contributed by atoms with Gasteiger partial charge < -0.3 is 15.2 Å². The lowest BCUT2D eigenvalue weighted by atomic mass is 10.0. The summed E-state index contributed by atoms with van der Waals surface area (Å²) < 4.78 is 0. The molecule has 0 atom stereocenters. The van der Waals surface area contributed by atoms with Gasteiger partial charge in [0.05, 0.1) is 5.75 Å². The zero-order chi connectivity index (χ0) is 18.8. The van der Waals surface area contributed by atoms with Gasteiger partial charge in [-0.15, -0.1) is 0 Å². The molecule has 0 saturated carbocycles. The molecule has 138 valence electrons. The summed E-state index contributed by atoms with van der Waals surface area (Å²) in [6, 6.07) is 13.8. The lowest BCUT2D eigenvalue weighted by Crippen LogP contribution is -2.33. The minimum atomic E-state index is -0.177. The van der Waals surface area contributed by atoms with Gasteiger partial charge in [0.1, 0.15) is 0 Å². The first-order chi connectivity index (χ1) is 13.1. The molecule has 27 heavy (non-hydrogen) atoms. The van der Waals surface area contributed by atoms with E-state index in [1.807, 2.05) is 42.6 Å². The third-order valence-corrected chi connectivity index (χ3v) is 5.61. The maximum Gasteiger partial charge on any atom is 0.286 e. The average Bonchev–Trinajstić information content (AvgIpc) is 3.13. The molecule has 1 aliphatic rings. The van der Waals surface area contributed by atoms with Crippen LogP contribution < -0.4 is 10.2 Å². The fraction of sp³-hybridized carbons (Fsp3) is 0.238. The molecule has 0 radical (unpaired) electrons. The summed E-state index contributed by atoms with van der Waals surface area (Å²) in [5.74, 6) is -0.0776. The predicted octanol–water partition coefficient (Wildman–Crippen LogP) is 4.72. The number of nitrogens with one attached hydrogen (secondary N) is 2. The standard InChI is InChI=1S/C21H21N3O2S/c1-14-4-7-19-16(11-14)3-2-10-24(19)21(26)27-13-20(25)23-17-5-6-18-15(12-17)8-9-22-18/h4-9,11-12,22H,2-3,10,13H2,1H3,(H,23,25). The second-order valence-corrected chi connectivity index (χ2v) is 7.70. The Balaban J connectivity index is 1.37. The highest BCUT2D eigenvalue weighted by molar-refractivity contribution is 8.14. The van der Waals surface area contributed by atoms with Crippen molar-refractivity contribution >= 4 is 45.2 Å². The molecule has 1 aromatic heterocycles. The third-order valence-electron chi connectivity index (χ3n) is 4.74. The number of aromatic nitrogens is 1. The quantitative estimate of drug-likeness (QED) is 0.692. The summed E-state index contributed by atoms with van der Waals surface area (Å²) in [5, 5.41) is 3.83. The number of thioether (sulfide) groups is 1. The van der Waals surface area contributed by atoms with E-state index in [2.05, 4.69) is 23.3 Å². The van der Waals surface area contributed by atoms with Crippen LogP contribution in [-0.2, 0) is 11.2 Å². The predicted molar refractivity (Wildman–Crippen MR) is 112 cm³/mol. The van der Waals surface area contributed by atoms with Gasteiger partial charge in [0.25, 0.3) is 5.24 Å². The molecule has 6 heteroatoms. The molecule has 0 saturated heterocycles. The fourth-order valence-electron chi connectivity index (χ4n) is 3.45. The normalized spacial score (nSPS) is 13.4. The highest BCUT2D eigenvalue weighted by atomic mass is 32.2. The highest BCUT2D eigenvalue weighted by Gasteiger charge is 2.23. The van der Waals surface area contributed by atoms with Gasteiger partial charge in [-0.3, -0.25) is 9.59 Å². The van der Waals surface area contributed by atoms with Crippen molar-refractivity contribution in [3.05, 3.63) is 59.8 Å². The summed E-state index contributed by atoms with van der Waals surface area (Å²) in [5.41, 5.74) is 5.15. The Hall–Kier alpha value is -2.73. The first kappa shape index (κ1) is 17.7. The second-order valence-electron chi connectivity index (χ2n) is 6.77. The molecule has 1 aliphatic heterocycles. The van der Waals surface area contributed by atoms with Crippen molar-refractivity contribution in [1.29, 1.82) is 0 Å². The van der Waals surface area contributed by atoms with Crippen molar-refractivity contribution in [1.82, 2.24) is 4.98 Å². The van der Waals surface area contributed by atoms with Gasteiger partial charge in [0.2, 0.25) is 5.91 Å². The maximum absolute atomic E-state index is 12.6. The number of carbonyl (C=O) groups excluding carboxylic acids is 2. The topological polar surface area (TPSA) is 65.2 Å². The Kier molecular flexibility index (Phi) is 4.90. The van der Waals surface area contributed by atoms with Crippen molar-refractivity contribution in [2.75, 3.05) is 22.5 Å². The van der Waals surface area contributed by atoms with Gasteiger partial charge in [0, 0.05) is 35.0 Å². The maximum atomic E-state index is 12.6. The number of carbonyl (C=O) groups is 2. The summed E-state index contributed by atoms with van der Waals surface area (Å²) in [6.45, 7) is 2.76. The van der Waals surface area contributed by atoms with E-state index in [0.29, 0.717) is 6.54 Å². The van der Waals surface area contributed by atoms with Crippen LogP contribution in [0.3, 0.4) is 0 Å². The van der Waals surface area contributed by atoms with Crippen LogP contribution in [0, 0.1) is 6.92 Å². The molecule has 3 aromatic rings. The van der Waals surface area contributed by atoms with E-state index >= 15 is 0 Å². The number of nitrogens with zero attached hydrogens (tertiary/aromatic N) is 1. The van der Waals surface area contributed by atoms with Crippen LogP contribution in [-0.4, -0.2) is 28.4 Å². The molecule has 2 N–H and O–H groups in total. The summed E-state index contributed by atoms with van der Waals surface area (Å²) in [7, 11) is 0.